The second-order valence-corrected chi connectivity index (χ2v) is 7.91. The minimum atomic E-state index is 0.604. The van der Waals surface area contributed by atoms with Gasteiger partial charge in [-0.1, -0.05) is 37.5 Å². The first-order chi connectivity index (χ1) is 12.2. The number of nitrogens with zero attached hydrogens (tertiary/aromatic N) is 3. The molecule has 0 atom stereocenters. The van der Waals surface area contributed by atoms with E-state index >= 15 is 0 Å². The van der Waals surface area contributed by atoms with Gasteiger partial charge in [-0.2, -0.15) is 0 Å². The zero-order valence-corrected chi connectivity index (χ0v) is 15.6. The third kappa shape index (κ3) is 3.77. The van der Waals surface area contributed by atoms with E-state index in [1.54, 1.807) is 0 Å². The molecule has 2 aliphatic rings. The summed E-state index contributed by atoms with van der Waals surface area (Å²) in [7, 11) is 0. The van der Waals surface area contributed by atoms with E-state index in [2.05, 4.69) is 43.1 Å². The third-order valence-corrected chi connectivity index (χ3v) is 5.98. The lowest BCUT2D eigenvalue weighted by atomic mass is 9.88. The molecule has 0 amide bonds. The van der Waals surface area contributed by atoms with Crippen molar-refractivity contribution in [3.8, 4) is 0 Å². The monoisotopic (exact) mass is 335 g/mol. The van der Waals surface area contributed by atoms with E-state index in [9.17, 15) is 0 Å². The van der Waals surface area contributed by atoms with Crippen LogP contribution in [0.4, 0.5) is 0 Å². The topological polar surface area (TPSA) is 29.0 Å². The summed E-state index contributed by atoms with van der Waals surface area (Å²) in [5, 5.41) is 0. The lowest BCUT2D eigenvalue weighted by Gasteiger charge is -2.29. The Hall–Kier alpha value is -1.74. The number of aromatic nitrogens is 2. The van der Waals surface area contributed by atoms with Gasteiger partial charge in [0.2, 0.25) is 0 Å². The van der Waals surface area contributed by atoms with Crippen LogP contribution in [0.2, 0.25) is 0 Å². The molecule has 0 unspecified atom stereocenters. The van der Waals surface area contributed by atoms with Gasteiger partial charge in [0.15, 0.2) is 0 Å². The molecule has 0 radical (unpaired) electrons. The molecule has 0 N–H and O–H groups in total. The summed E-state index contributed by atoms with van der Waals surface area (Å²) >= 11 is 0. The highest BCUT2D eigenvalue weighted by atomic mass is 15.1. The molecule has 1 aromatic carbocycles. The van der Waals surface area contributed by atoms with Gasteiger partial charge >= 0.3 is 0 Å². The molecule has 0 spiro atoms. The molecule has 1 aliphatic heterocycles. The summed E-state index contributed by atoms with van der Waals surface area (Å²) in [5.41, 5.74) is 6.79. The van der Waals surface area contributed by atoms with Crippen LogP contribution in [0.15, 0.2) is 24.4 Å². The Morgan fingerprint density at radius 1 is 1.08 bits per heavy atom. The number of fused-ring (bicyclic) bond motifs is 1. The predicted octanol–water partition coefficient (Wildman–Crippen LogP) is 4.70. The van der Waals surface area contributed by atoms with Crippen molar-refractivity contribution in [2.75, 3.05) is 6.54 Å². The van der Waals surface area contributed by atoms with Gasteiger partial charge in [0, 0.05) is 49.4 Å². The normalized spacial score (nSPS) is 19.0. The molecule has 3 nitrogen and oxygen atoms in total. The van der Waals surface area contributed by atoms with Gasteiger partial charge in [-0.05, 0) is 43.4 Å². The van der Waals surface area contributed by atoms with Crippen molar-refractivity contribution in [3.63, 3.8) is 0 Å². The highest BCUT2D eigenvalue weighted by Crippen LogP contribution is 2.31. The molecular weight excluding hydrogens is 306 g/mol. The third-order valence-electron chi connectivity index (χ3n) is 5.98. The summed E-state index contributed by atoms with van der Waals surface area (Å²) < 4.78 is 0. The Morgan fingerprint density at radius 2 is 1.92 bits per heavy atom. The molecule has 2 heterocycles. The van der Waals surface area contributed by atoms with Gasteiger partial charge in [-0.3, -0.25) is 4.90 Å². The fourth-order valence-corrected chi connectivity index (χ4v) is 4.24. The van der Waals surface area contributed by atoms with Crippen LogP contribution in [0.25, 0.3) is 0 Å². The Morgan fingerprint density at radius 3 is 2.72 bits per heavy atom. The maximum absolute atomic E-state index is 4.97. The quantitative estimate of drug-likeness (QED) is 0.814. The van der Waals surface area contributed by atoms with Gasteiger partial charge in [-0.25, -0.2) is 9.97 Å². The van der Waals surface area contributed by atoms with Crippen molar-refractivity contribution >= 4 is 0 Å². The zero-order chi connectivity index (χ0) is 17.2. The van der Waals surface area contributed by atoms with Crippen molar-refractivity contribution in [2.45, 2.75) is 71.4 Å². The lowest BCUT2D eigenvalue weighted by molar-refractivity contribution is 0.242. The van der Waals surface area contributed by atoms with Gasteiger partial charge in [-0.15, -0.1) is 0 Å². The van der Waals surface area contributed by atoms with Gasteiger partial charge in [0.05, 0.1) is 0 Å². The van der Waals surface area contributed by atoms with E-state index in [0.717, 1.165) is 31.9 Å². The largest absolute Gasteiger partial charge is 0.294 e. The van der Waals surface area contributed by atoms with E-state index in [1.807, 2.05) is 0 Å². The van der Waals surface area contributed by atoms with Crippen molar-refractivity contribution in [2.24, 2.45) is 0 Å². The van der Waals surface area contributed by atoms with Crippen LogP contribution in [0.3, 0.4) is 0 Å². The van der Waals surface area contributed by atoms with E-state index in [-0.39, 0.29) is 0 Å². The zero-order valence-electron chi connectivity index (χ0n) is 15.6. The molecule has 1 aliphatic carbocycles. The van der Waals surface area contributed by atoms with E-state index in [0.29, 0.717) is 5.92 Å². The Bertz CT molecular complexity index is 747. The van der Waals surface area contributed by atoms with E-state index < -0.39 is 0 Å². The molecular formula is C22H29N3. The Labute approximate surface area is 151 Å². The van der Waals surface area contributed by atoms with Gasteiger partial charge < -0.3 is 0 Å². The molecule has 132 valence electrons. The maximum atomic E-state index is 4.97. The number of aryl methyl sites for hydroxylation is 2. The summed E-state index contributed by atoms with van der Waals surface area (Å²) in [5.74, 6) is 1.72. The first-order valence-corrected chi connectivity index (χ1v) is 9.82. The summed E-state index contributed by atoms with van der Waals surface area (Å²) in [6.07, 6.45) is 9.79. The lowest BCUT2D eigenvalue weighted by Crippen LogP contribution is -2.31. The van der Waals surface area contributed by atoms with Gasteiger partial charge in [0.1, 0.15) is 5.82 Å². The van der Waals surface area contributed by atoms with Crippen LogP contribution >= 0.6 is 0 Å². The molecule has 0 saturated heterocycles. The SMILES string of the molecule is Cc1ccc(CN2CCc3nc(C4CCCCC4)ncc3C2)cc1C. The second-order valence-electron chi connectivity index (χ2n) is 7.91. The van der Waals surface area contributed by atoms with Crippen LogP contribution in [-0.2, 0) is 19.5 Å². The van der Waals surface area contributed by atoms with Crippen LogP contribution in [0.1, 0.15) is 71.8 Å². The van der Waals surface area contributed by atoms with Crippen LogP contribution < -0.4 is 0 Å². The van der Waals surface area contributed by atoms with Crippen molar-refractivity contribution in [1.82, 2.24) is 14.9 Å². The fraction of sp³-hybridized carbons (Fsp3) is 0.545. The van der Waals surface area contributed by atoms with Crippen LogP contribution in [0, 0.1) is 13.8 Å². The Kier molecular flexibility index (Phi) is 4.85. The van der Waals surface area contributed by atoms with Crippen molar-refractivity contribution < 1.29 is 0 Å². The summed E-state index contributed by atoms with van der Waals surface area (Å²) in [6.45, 7) is 7.47. The average molecular weight is 335 g/mol. The van der Waals surface area contributed by atoms with E-state index in [1.165, 1.54) is 60.1 Å². The highest BCUT2D eigenvalue weighted by molar-refractivity contribution is 5.30. The smallest absolute Gasteiger partial charge is 0.131 e. The summed E-state index contributed by atoms with van der Waals surface area (Å²) in [4.78, 5) is 12.2. The maximum Gasteiger partial charge on any atom is 0.131 e. The number of benzene rings is 1. The average Bonchev–Trinajstić information content (AvgIpc) is 2.65. The van der Waals surface area contributed by atoms with E-state index in [4.69, 9.17) is 9.97 Å². The first kappa shape index (κ1) is 16.7. The summed E-state index contributed by atoms with van der Waals surface area (Å²) in [6, 6.07) is 6.83. The van der Waals surface area contributed by atoms with Crippen molar-refractivity contribution in [1.29, 1.82) is 0 Å². The highest BCUT2D eigenvalue weighted by Gasteiger charge is 2.22. The van der Waals surface area contributed by atoms with Crippen molar-refractivity contribution in [3.05, 3.63) is 58.2 Å². The molecule has 0 bridgehead atoms. The molecule has 4 rings (SSSR count). The van der Waals surface area contributed by atoms with Crippen LogP contribution in [-0.4, -0.2) is 21.4 Å². The molecule has 2 aromatic rings. The second kappa shape index (κ2) is 7.25. The molecule has 1 saturated carbocycles. The number of hydrogen-bond acceptors (Lipinski definition) is 3. The molecule has 25 heavy (non-hydrogen) atoms. The molecule has 1 fully saturated rings. The fourth-order valence-electron chi connectivity index (χ4n) is 4.24. The number of hydrogen-bond donors (Lipinski definition) is 0. The minimum Gasteiger partial charge on any atom is -0.294 e. The van der Waals surface area contributed by atoms with Crippen LogP contribution in [0.5, 0.6) is 0 Å². The Balaban J connectivity index is 1.45. The molecule has 3 heteroatoms. The standard InChI is InChI=1S/C22H29N3/c1-16-8-9-18(12-17(16)2)14-25-11-10-21-20(15-25)13-23-22(24-21)19-6-4-3-5-7-19/h8-9,12-13,19H,3-7,10-11,14-15H2,1-2H3. The molecule has 1 aromatic heterocycles. The minimum absolute atomic E-state index is 0.604. The first-order valence-electron chi connectivity index (χ1n) is 9.82. The predicted molar refractivity (Wildman–Crippen MR) is 102 cm³/mol. The number of rotatable bonds is 3. The van der Waals surface area contributed by atoms with Gasteiger partial charge in [0.25, 0.3) is 0 Å².